The van der Waals surface area contributed by atoms with Gasteiger partial charge in [-0.25, -0.2) is 4.79 Å². The second kappa shape index (κ2) is 5.45. The fraction of sp³-hybridized carbons (Fsp3) is 0.333. The second-order valence-corrected chi connectivity index (χ2v) is 4.56. The maximum absolute atomic E-state index is 11.7. The van der Waals surface area contributed by atoms with Crippen molar-refractivity contribution in [2.24, 2.45) is 0 Å². The lowest BCUT2D eigenvalue weighted by Gasteiger charge is -2.26. The molecule has 0 saturated carbocycles. The van der Waals surface area contributed by atoms with Gasteiger partial charge in [-0.3, -0.25) is 4.79 Å². The number of carboxylic acids is 1. The molecule has 1 amide bonds. The van der Waals surface area contributed by atoms with E-state index in [9.17, 15) is 9.59 Å². The van der Waals surface area contributed by atoms with Crippen LogP contribution in [0.2, 0.25) is 0 Å². The zero-order valence-electron chi connectivity index (χ0n) is 10.0. The summed E-state index contributed by atoms with van der Waals surface area (Å²) >= 11 is 0. The fourth-order valence-electron chi connectivity index (χ4n) is 1.53. The molecule has 0 fully saturated rings. The summed E-state index contributed by atoms with van der Waals surface area (Å²) in [6.45, 7) is 0.0450. The maximum atomic E-state index is 11.7. The maximum Gasteiger partial charge on any atom is 0.359 e. The number of carbonyl (C=O) groups is 2. The minimum Gasteiger partial charge on any atom is -0.477 e. The third-order valence-electron chi connectivity index (χ3n) is 2.19. The van der Waals surface area contributed by atoms with E-state index in [2.05, 4.69) is 5.32 Å². The van der Waals surface area contributed by atoms with Crippen molar-refractivity contribution < 1.29 is 19.2 Å². The summed E-state index contributed by atoms with van der Waals surface area (Å²) < 4.78 is 0.119. The van der Waals surface area contributed by atoms with Gasteiger partial charge in [0.25, 0.3) is 5.91 Å². The first kappa shape index (κ1) is 13.2. The van der Waals surface area contributed by atoms with Gasteiger partial charge in [-0.2, -0.15) is 0 Å². The molecule has 1 rings (SSSR count). The quantitative estimate of drug-likeness (QED) is 0.744. The summed E-state index contributed by atoms with van der Waals surface area (Å²) in [5.41, 5.74) is 0.716. The Hall–Kier alpha value is -1.88. The molecule has 1 aromatic rings. The average molecular weight is 237 g/mol. The van der Waals surface area contributed by atoms with Gasteiger partial charge in [-0.15, -0.1) is 0 Å². The first-order valence-corrected chi connectivity index (χ1v) is 5.28. The van der Waals surface area contributed by atoms with Crippen LogP contribution in [0.3, 0.4) is 0 Å². The van der Waals surface area contributed by atoms with Gasteiger partial charge >= 0.3 is 5.97 Å². The van der Waals surface area contributed by atoms with Crippen molar-refractivity contribution in [2.45, 2.75) is 0 Å². The molecular weight excluding hydrogens is 220 g/mol. The Balaban J connectivity index is 2.52. The number of likely N-dealkylation sites (N-methyl/N-ethyl adjacent to an activating group) is 1. The average Bonchev–Trinajstić information content (AvgIpc) is 2.15. The highest BCUT2D eigenvalue weighted by Gasteiger charge is 2.23. The molecule has 1 aromatic carbocycles. The number of nitrogens with zero attached hydrogens (tertiary/aromatic N) is 1. The Morgan fingerprint density at radius 1 is 1.18 bits per heavy atom. The van der Waals surface area contributed by atoms with Crippen molar-refractivity contribution in [2.75, 3.05) is 32.5 Å². The summed E-state index contributed by atoms with van der Waals surface area (Å²) in [6, 6.07) is 9.09. The van der Waals surface area contributed by atoms with Crippen LogP contribution in [0.4, 0.5) is 5.69 Å². The van der Waals surface area contributed by atoms with Gasteiger partial charge in [-0.1, -0.05) is 18.2 Å². The zero-order valence-corrected chi connectivity index (χ0v) is 10.0. The molecule has 0 heterocycles. The summed E-state index contributed by atoms with van der Waals surface area (Å²) in [5, 5.41) is 11.4. The van der Waals surface area contributed by atoms with E-state index in [-0.39, 0.29) is 23.5 Å². The SMILES string of the molecule is C[N+](C)(CC(=O)O)CC(=O)Nc1ccccc1. The van der Waals surface area contributed by atoms with Crippen LogP contribution >= 0.6 is 0 Å². The number of hydrogen-bond donors (Lipinski definition) is 2. The lowest BCUT2D eigenvalue weighted by molar-refractivity contribution is -0.874. The summed E-state index contributed by atoms with van der Waals surface area (Å²) in [5.74, 6) is -1.11. The molecule has 0 spiro atoms. The second-order valence-electron chi connectivity index (χ2n) is 4.56. The van der Waals surface area contributed by atoms with Crippen LogP contribution in [0.25, 0.3) is 0 Å². The molecule has 17 heavy (non-hydrogen) atoms. The Kier molecular flexibility index (Phi) is 4.23. The number of hydrogen-bond acceptors (Lipinski definition) is 2. The number of para-hydroxylation sites is 1. The number of quaternary nitrogens is 1. The standard InChI is InChI=1S/C12H16N2O3/c1-14(2,9-12(16)17)8-11(15)13-10-6-4-3-5-7-10/h3-7H,8-9H2,1-2H3,(H-,13,15,16,17)/p+1. The van der Waals surface area contributed by atoms with Gasteiger partial charge in [0, 0.05) is 5.69 Å². The van der Waals surface area contributed by atoms with E-state index in [0.29, 0.717) is 5.69 Å². The molecule has 92 valence electrons. The van der Waals surface area contributed by atoms with Crippen molar-refractivity contribution in [3.05, 3.63) is 30.3 Å². The van der Waals surface area contributed by atoms with Crippen LogP contribution in [0.15, 0.2) is 30.3 Å². The molecule has 0 aliphatic carbocycles. The molecule has 2 N–H and O–H groups in total. The molecule has 5 heteroatoms. The van der Waals surface area contributed by atoms with Crippen molar-refractivity contribution >= 4 is 17.6 Å². The molecule has 0 saturated heterocycles. The zero-order chi connectivity index (χ0) is 12.9. The number of amides is 1. The molecule has 5 nitrogen and oxygen atoms in total. The predicted octanol–water partition coefficient (Wildman–Crippen LogP) is 0.786. The molecule has 0 unspecified atom stereocenters. The van der Waals surface area contributed by atoms with Crippen molar-refractivity contribution in [3.63, 3.8) is 0 Å². The molecular formula is C12H17N2O3+. The number of nitrogens with one attached hydrogen (secondary N) is 1. The molecule has 0 aromatic heterocycles. The van der Waals surface area contributed by atoms with Crippen molar-refractivity contribution in [3.8, 4) is 0 Å². The summed E-state index contributed by atoms with van der Waals surface area (Å²) in [4.78, 5) is 22.3. The molecule has 0 atom stereocenters. The molecule has 0 aliphatic rings. The van der Waals surface area contributed by atoms with Gasteiger partial charge < -0.3 is 14.9 Å². The third kappa shape index (κ3) is 5.12. The van der Waals surface area contributed by atoms with E-state index in [1.165, 1.54) is 0 Å². The van der Waals surface area contributed by atoms with E-state index in [4.69, 9.17) is 5.11 Å². The van der Waals surface area contributed by atoms with E-state index in [1.807, 2.05) is 18.2 Å². The van der Waals surface area contributed by atoms with Gasteiger partial charge in [-0.05, 0) is 12.1 Å². The largest absolute Gasteiger partial charge is 0.477 e. The van der Waals surface area contributed by atoms with Crippen LogP contribution in [0.1, 0.15) is 0 Å². The first-order valence-electron chi connectivity index (χ1n) is 5.28. The number of carboxylic acid groups (broad SMARTS) is 1. The Morgan fingerprint density at radius 2 is 1.76 bits per heavy atom. The number of benzene rings is 1. The number of carbonyl (C=O) groups excluding carboxylic acids is 1. The number of rotatable bonds is 5. The molecule has 0 radical (unpaired) electrons. The summed E-state index contributed by atoms with van der Waals surface area (Å²) in [7, 11) is 3.41. The van der Waals surface area contributed by atoms with Gasteiger partial charge in [0.15, 0.2) is 13.1 Å². The highest BCUT2D eigenvalue weighted by molar-refractivity contribution is 5.91. The molecule has 0 aliphatic heterocycles. The van der Waals surface area contributed by atoms with Gasteiger partial charge in [0.1, 0.15) is 0 Å². The van der Waals surface area contributed by atoms with Crippen LogP contribution in [-0.2, 0) is 9.59 Å². The van der Waals surface area contributed by atoms with E-state index in [1.54, 1.807) is 26.2 Å². The highest BCUT2D eigenvalue weighted by Crippen LogP contribution is 2.06. The lowest BCUT2D eigenvalue weighted by Crippen LogP contribution is -2.48. The van der Waals surface area contributed by atoms with Crippen LogP contribution in [0.5, 0.6) is 0 Å². The van der Waals surface area contributed by atoms with Crippen LogP contribution < -0.4 is 5.32 Å². The van der Waals surface area contributed by atoms with E-state index in [0.717, 1.165) is 0 Å². The number of aliphatic carboxylic acids is 1. The monoisotopic (exact) mass is 237 g/mol. The Labute approximate surface area is 100 Å². The third-order valence-corrected chi connectivity index (χ3v) is 2.19. The minimum absolute atomic E-state index is 0.0811. The van der Waals surface area contributed by atoms with Crippen molar-refractivity contribution in [1.82, 2.24) is 0 Å². The normalized spacial score (nSPS) is 10.9. The Bertz CT molecular complexity index is 401. The fourth-order valence-corrected chi connectivity index (χ4v) is 1.53. The number of anilines is 1. The topological polar surface area (TPSA) is 66.4 Å². The Morgan fingerprint density at radius 3 is 2.29 bits per heavy atom. The van der Waals surface area contributed by atoms with Gasteiger partial charge in [0.05, 0.1) is 14.1 Å². The molecule has 0 bridgehead atoms. The van der Waals surface area contributed by atoms with Crippen LogP contribution in [-0.4, -0.2) is 48.7 Å². The van der Waals surface area contributed by atoms with Crippen LogP contribution in [0, 0.1) is 0 Å². The van der Waals surface area contributed by atoms with E-state index < -0.39 is 5.97 Å². The highest BCUT2D eigenvalue weighted by atomic mass is 16.4. The predicted molar refractivity (Wildman–Crippen MR) is 64.5 cm³/mol. The summed E-state index contributed by atoms with van der Waals surface area (Å²) in [6.07, 6.45) is 0. The minimum atomic E-state index is -0.914. The first-order chi connectivity index (χ1) is 7.89. The van der Waals surface area contributed by atoms with Crippen molar-refractivity contribution in [1.29, 1.82) is 0 Å². The van der Waals surface area contributed by atoms with E-state index >= 15 is 0 Å². The smallest absolute Gasteiger partial charge is 0.359 e. The lowest BCUT2D eigenvalue weighted by atomic mass is 10.3. The van der Waals surface area contributed by atoms with Gasteiger partial charge in [0.2, 0.25) is 0 Å².